The molecule has 0 radical (unpaired) electrons. The average molecular weight is 2060 g/mol. The second-order valence-electron chi connectivity index (χ2n) is 34.4. The molecule has 0 bridgehead atoms. The first kappa shape index (κ1) is 135. The molecular weight excluding hydrogens is 1870 g/mol. The number of likely N-dealkylation sites (N-methyl/N-ethyl adjacent to an activating group) is 8. The number of carbonyl (C=O) groups excluding carboxylic acids is 16. The predicted molar refractivity (Wildman–Crippen MR) is 554 cm³/mol. The number of nitrogens with one attached hydrogen (secondary N) is 24. The summed E-state index contributed by atoms with van der Waals surface area (Å²) in [4.78, 5) is 222. The van der Waals surface area contributed by atoms with Gasteiger partial charge in [-0.3, -0.25) is 82.1 Å². The molecule has 144 heavy (non-hydrogen) atoms. The number of nitrogens with zero attached hydrogens (tertiary/aromatic N) is 7. The highest BCUT2D eigenvalue weighted by Crippen LogP contribution is 2.06. The van der Waals surface area contributed by atoms with E-state index in [1.54, 1.807) is 56.4 Å². The first-order chi connectivity index (χ1) is 69.7. The molecule has 0 fully saturated rings. The van der Waals surface area contributed by atoms with E-state index in [4.69, 9.17) is 20.1 Å². The molecule has 26 N–H and O–H groups in total. The van der Waals surface area contributed by atoms with Gasteiger partial charge >= 0.3 is 0 Å². The minimum atomic E-state index is -0.338. The molecule has 0 heterocycles. The maximum absolute atomic E-state index is 14.0. The zero-order valence-corrected chi connectivity index (χ0v) is 88.3. The summed E-state index contributed by atoms with van der Waals surface area (Å²) in [6.07, 6.45) is 3.43. The summed E-state index contributed by atoms with van der Waals surface area (Å²) >= 11 is 0. The normalized spacial score (nSPS) is 11.3. The lowest BCUT2D eigenvalue weighted by atomic mass is 10.2. The SMILES string of the molecule is CNCCNC(=O)CCN(CCNC(=O)CCN(CCNC(=O)CCN(CCCOCCOCCOCCCNC(=O)CCCC(=O)NN)CCC(=O)NCCN(CCC(=O)NCCN(CCC(=O)NCCNC)CCC(=O)NCCNC)CCC(=O)NCCN(CCC(=O)NCCNC)CCC(=O)NCCNC)CCC(=O)NCCN(CCC(=O)NCCNC)CCC(=O)NCCNC)CCC(=O)NCCNC. The lowest BCUT2D eigenvalue weighted by Gasteiger charge is -2.25. The molecule has 834 valence electrons. The zero-order chi connectivity index (χ0) is 106. The average Bonchev–Trinajstić information content (AvgIpc) is 0.998. The molecule has 0 rings (SSSR count). The first-order valence-electron chi connectivity index (χ1n) is 51.7. The van der Waals surface area contributed by atoms with Gasteiger partial charge in [0.15, 0.2) is 0 Å². The van der Waals surface area contributed by atoms with Gasteiger partial charge in [0.05, 0.1) is 26.4 Å². The van der Waals surface area contributed by atoms with Crippen molar-refractivity contribution in [2.24, 2.45) is 5.84 Å². The molecule has 0 spiro atoms. The van der Waals surface area contributed by atoms with Gasteiger partial charge in [-0.05, 0) is 75.6 Å². The molecule has 0 aromatic heterocycles. The number of hydrazine groups is 1. The van der Waals surface area contributed by atoms with E-state index in [1.807, 2.05) is 39.7 Å². The van der Waals surface area contributed by atoms with Gasteiger partial charge in [-0.2, -0.15) is 0 Å². The Morgan fingerprint density at radius 2 is 0.299 bits per heavy atom. The summed E-state index contributed by atoms with van der Waals surface area (Å²) in [7, 11) is 14.3. The van der Waals surface area contributed by atoms with Crippen molar-refractivity contribution in [1.82, 2.24) is 162 Å². The van der Waals surface area contributed by atoms with Gasteiger partial charge < -0.3 is 171 Å². The molecule has 0 aliphatic carbocycles. The van der Waals surface area contributed by atoms with Crippen molar-refractivity contribution in [2.45, 2.75) is 122 Å². The molecule has 0 atom stereocenters. The molecule has 0 saturated heterocycles. The molecule has 51 nitrogen and oxygen atoms in total. The van der Waals surface area contributed by atoms with Crippen molar-refractivity contribution in [3.63, 3.8) is 0 Å². The van der Waals surface area contributed by atoms with Gasteiger partial charge in [0, 0.05) is 404 Å². The van der Waals surface area contributed by atoms with E-state index in [9.17, 15) is 76.7 Å². The Morgan fingerprint density at radius 3 is 0.479 bits per heavy atom. The summed E-state index contributed by atoms with van der Waals surface area (Å²) in [6.45, 7) is 18.2. The van der Waals surface area contributed by atoms with Gasteiger partial charge in [0.2, 0.25) is 94.5 Å². The maximum atomic E-state index is 14.0. The van der Waals surface area contributed by atoms with Gasteiger partial charge in [-0.25, -0.2) is 5.84 Å². The smallest absolute Gasteiger partial charge is 0.233 e. The number of carbonyl (C=O) groups is 16. The molecule has 16 amide bonds. The number of hydrogen-bond acceptors (Lipinski definition) is 35. The quantitative estimate of drug-likeness (QED) is 0.0116. The lowest BCUT2D eigenvalue weighted by Crippen LogP contribution is -2.42. The fourth-order valence-electron chi connectivity index (χ4n) is 13.9. The summed E-state index contributed by atoms with van der Waals surface area (Å²) in [5.41, 5.74) is 2.04. The minimum Gasteiger partial charge on any atom is -0.379 e. The van der Waals surface area contributed by atoms with Gasteiger partial charge in [0.1, 0.15) is 0 Å². The van der Waals surface area contributed by atoms with E-state index >= 15 is 0 Å². The van der Waals surface area contributed by atoms with Crippen molar-refractivity contribution >= 4 is 94.5 Å². The van der Waals surface area contributed by atoms with Crippen molar-refractivity contribution in [3.8, 4) is 0 Å². The molecule has 0 aromatic rings. The van der Waals surface area contributed by atoms with Crippen LogP contribution in [0.25, 0.3) is 0 Å². The summed E-state index contributed by atoms with van der Waals surface area (Å²) in [5, 5.41) is 67.7. The molecule has 0 aromatic carbocycles. The third kappa shape index (κ3) is 88.1. The van der Waals surface area contributed by atoms with Crippen LogP contribution in [0.4, 0.5) is 0 Å². The Balaban J connectivity index is 6.99. The van der Waals surface area contributed by atoms with Crippen LogP contribution < -0.4 is 134 Å². The van der Waals surface area contributed by atoms with Crippen molar-refractivity contribution in [2.75, 3.05) is 384 Å². The molecule has 0 aliphatic rings. The minimum absolute atomic E-state index is 0.0225. The van der Waals surface area contributed by atoms with Crippen molar-refractivity contribution in [3.05, 3.63) is 0 Å². The summed E-state index contributed by atoms with van der Waals surface area (Å²) in [5.74, 6) is 1.70. The highest BCUT2D eigenvalue weighted by molar-refractivity contribution is 5.82. The molecule has 0 aliphatic heterocycles. The Morgan fingerprint density at radius 1 is 0.153 bits per heavy atom. The third-order valence-corrected chi connectivity index (χ3v) is 22.5. The van der Waals surface area contributed by atoms with Crippen LogP contribution in [0, 0.1) is 0 Å². The summed E-state index contributed by atoms with van der Waals surface area (Å²) in [6, 6.07) is 0. The molecule has 0 saturated carbocycles. The van der Waals surface area contributed by atoms with Crippen LogP contribution in [0.2, 0.25) is 0 Å². The van der Waals surface area contributed by atoms with Crippen LogP contribution in [0.15, 0.2) is 0 Å². The molecule has 0 unspecified atom stereocenters. The van der Waals surface area contributed by atoms with E-state index in [1.165, 1.54) is 0 Å². The van der Waals surface area contributed by atoms with E-state index < -0.39 is 0 Å². The van der Waals surface area contributed by atoms with Crippen LogP contribution in [0.5, 0.6) is 0 Å². The van der Waals surface area contributed by atoms with Crippen LogP contribution in [0.1, 0.15) is 122 Å². The van der Waals surface area contributed by atoms with E-state index in [0.717, 1.165) is 0 Å². The second kappa shape index (κ2) is 97.2. The Bertz CT molecular complexity index is 2970. The second-order valence-corrected chi connectivity index (χ2v) is 34.4. The maximum Gasteiger partial charge on any atom is 0.233 e. The zero-order valence-electron chi connectivity index (χ0n) is 88.3. The van der Waals surface area contributed by atoms with Crippen LogP contribution in [0.3, 0.4) is 0 Å². The number of ether oxygens (including phenoxy) is 3. The highest BCUT2D eigenvalue weighted by Gasteiger charge is 2.22. The lowest BCUT2D eigenvalue weighted by molar-refractivity contribution is -0.124. The van der Waals surface area contributed by atoms with E-state index in [0.29, 0.717) is 242 Å². The van der Waals surface area contributed by atoms with Crippen LogP contribution >= 0.6 is 0 Å². The van der Waals surface area contributed by atoms with Gasteiger partial charge in [0.25, 0.3) is 0 Å². The Hall–Kier alpha value is -9.24. The Kier molecular flexibility index (Phi) is 90.9. The first-order valence-corrected chi connectivity index (χ1v) is 51.7. The van der Waals surface area contributed by atoms with Crippen molar-refractivity contribution in [1.29, 1.82) is 0 Å². The fraction of sp³-hybridized carbons (Fsp3) is 0.828. The summed E-state index contributed by atoms with van der Waals surface area (Å²) < 4.78 is 17.3. The van der Waals surface area contributed by atoms with E-state index in [-0.39, 0.29) is 302 Å². The largest absolute Gasteiger partial charge is 0.379 e. The number of amides is 16. The fourth-order valence-corrected chi connectivity index (χ4v) is 13.9. The molecule has 51 heteroatoms. The third-order valence-electron chi connectivity index (χ3n) is 22.5. The van der Waals surface area contributed by atoms with E-state index in [2.05, 4.69) is 122 Å². The number of rotatable bonds is 102. The number of nitrogens with two attached hydrogens (primary N) is 1. The van der Waals surface area contributed by atoms with Crippen LogP contribution in [-0.2, 0) is 90.9 Å². The van der Waals surface area contributed by atoms with Gasteiger partial charge in [-0.15, -0.1) is 0 Å². The Labute approximate surface area is 855 Å². The molecular formula is C93H188N32O19. The monoisotopic (exact) mass is 2060 g/mol. The topological polar surface area (TPSA) is 638 Å². The predicted octanol–water partition coefficient (Wildman–Crippen LogP) is -10.9. The van der Waals surface area contributed by atoms with Crippen LogP contribution in [-0.4, -0.2) is 513 Å². The standard InChI is InChI=1S/C93H188N32O19/c1-95-29-37-104-79(127)16-54-120(55-17-80(128)105-38-30-96-2)66-47-114-89(137)24-62-124(63-25-90(138)115-48-67-121(56-18-81(129)106-39-31-97-3)57-19-82(130)107-40-32-98-4)70-45-112-87(135)14-52-119(51-11-73-143-75-77-144-76-74-142-72-10-28-103-78(126)12-9-13-93(141)118-94)53-15-88(136)113-46-71-125(64-26-91(139)116-49-68-122(58-20-83(131)108-41-33-99-5)59-21-84(132)109-42-34-100-6)65-27-92(140)117-50-69-123(60-22-85(133)110-43-35-101-7)61-23-86(134)111-44-36-102-8/h95-102H,9-77,94H2,1-8H3,(H,103,126)(H,104,127)(H,105,128)(H,106,129)(H,107,130)(H,108,131)(H,109,132)(H,110,133)(H,111,134)(H,112,135)(H,113,136)(H,114,137)(H,115,138)(H,116,139)(H,117,140)(H,118,141). The van der Waals surface area contributed by atoms with Crippen molar-refractivity contribution < 1.29 is 90.9 Å². The number of hydrogen-bond donors (Lipinski definition) is 25. The van der Waals surface area contributed by atoms with Gasteiger partial charge in [-0.1, -0.05) is 0 Å². The highest BCUT2D eigenvalue weighted by atomic mass is 16.5.